The number of anilines is 2. The van der Waals surface area contributed by atoms with Gasteiger partial charge in [-0.15, -0.1) is 0 Å². The number of aliphatic hydroxyl groups excluding tert-OH is 1. The Bertz CT molecular complexity index is 567. The average Bonchev–Trinajstić information content (AvgIpc) is 2.55. The monoisotopic (exact) mass is 284 g/mol. The molecule has 2 aromatic heterocycles. The average molecular weight is 284 g/mol. The molecule has 110 valence electrons. The molecule has 1 saturated heterocycles. The third kappa shape index (κ3) is 3.49. The maximum absolute atomic E-state index is 9.63. The van der Waals surface area contributed by atoms with Gasteiger partial charge in [0, 0.05) is 38.2 Å². The van der Waals surface area contributed by atoms with Gasteiger partial charge in [-0.2, -0.15) is 0 Å². The predicted octanol–water partition coefficient (Wildman–Crippen LogP) is 2.05. The quantitative estimate of drug-likeness (QED) is 0.900. The van der Waals surface area contributed by atoms with Crippen molar-refractivity contribution >= 4 is 11.5 Å². The van der Waals surface area contributed by atoms with E-state index >= 15 is 0 Å². The number of hydrogen-bond donors (Lipinski definition) is 2. The van der Waals surface area contributed by atoms with Crippen molar-refractivity contribution in [1.29, 1.82) is 0 Å². The second kappa shape index (κ2) is 6.54. The minimum atomic E-state index is -0.168. The zero-order chi connectivity index (χ0) is 14.5. The van der Waals surface area contributed by atoms with E-state index in [4.69, 9.17) is 0 Å². The summed E-state index contributed by atoms with van der Waals surface area (Å²) in [5.74, 6) is 0.971. The highest BCUT2D eigenvalue weighted by Crippen LogP contribution is 2.26. The van der Waals surface area contributed by atoms with Gasteiger partial charge in [0.15, 0.2) is 5.82 Å². The first-order valence-electron chi connectivity index (χ1n) is 7.34. The summed E-state index contributed by atoms with van der Waals surface area (Å²) in [7, 11) is 0. The van der Waals surface area contributed by atoms with Crippen molar-refractivity contribution in [2.45, 2.75) is 25.5 Å². The Hall–Kier alpha value is -2.14. The van der Waals surface area contributed by atoms with E-state index in [0.29, 0.717) is 0 Å². The van der Waals surface area contributed by atoms with Gasteiger partial charge in [0.05, 0.1) is 11.8 Å². The molecule has 1 aliphatic heterocycles. The van der Waals surface area contributed by atoms with Crippen molar-refractivity contribution in [2.75, 3.05) is 23.3 Å². The summed E-state index contributed by atoms with van der Waals surface area (Å²) in [5.41, 5.74) is 2.22. The molecule has 3 heterocycles. The normalized spacial score (nSPS) is 16.0. The van der Waals surface area contributed by atoms with Crippen LogP contribution < -0.4 is 10.2 Å². The molecule has 0 aliphatic carbocycles. The van der Waals surface area contributed by atoms with E-state index < -0.39 is 0 Å². The van der Waals surface area contributed by atoms with Crippen molar-refractivity contribution in [3.05, 3.63) is 48.4 Å². The lowest BCUT2D eigenvalue weighted by Gasteiger charge is -2.31. The second-order valence-corrected chi connectivity index (χ2v) is 5.30. The second-order valence-electron chi connectivity index (χ2n) is 5.30. The predicted molar refractivity (Wildman–Crippen MR) is 83.3 cm³/mol. The number of hydrogen-bond acceptors (Lipinski definition) is 5. The lowest BCUT2D eigenvalue weighted by molar-refractivity contribution is 0.145. The fraction of sp³-hybridized carbons (Fsp3) is 0.375. The molecule has 0 atom stereocenters. The van der Waals surface area contributed by atoms with Crippen LogP contribution in [0.1, 0.15) is 18.4 Å². The third-order valence-electron chi connectivity index (χ3n) is 3.78. The van der Waals surface area contributed by atoms with Crippen LogP contribution in [0.5, 0.6) is 0 Å². The third-order valence-corrected chi connectivity index (χ3v) is 3.78. The molecule has 3 rings (SSSR count). The summed E-state index contributed by atoms with van der Waals surface area (Å²) < 4.78 is 0. The van der Waals surface area contributed by atoms with E-state index in [9.17, 15) is 5.11 Å². The fourth-order valence-electron chi connectivity index (χ4n) is 2.56. The first-order valence-corrected chi connectivity index (χ1v) is 7.34. The van der Waals surface area contributed by atoms with Crippen LogP contribution in [0.2, 0.25) is 0 Å². The number of aliphatic hydroxyl groups is 1. The zero-order valence-corrected chi connectivity index (χ0v) is 11.9. The summed E-state index contributed by atoms with van der Waals surface area (Å²) in [6.07, 6.45) is 6.86. The molecule has 0 saturated carbocycles. The van der Waals surface area contributed by atoms with E-state index in [0.717, 1.165) is 44.0 Å². The molecular formula is C16H20N4O. The molecule has 0 bridgehead atoms. The van der Waals surface area contributed by atoms with Gasteiger partial charge in [-0.3, -0.25) is 4.98 Å². The van der Waals surface area contributed by atoms with Crippen LogP contribution in [0.3, 0.4) is 0 Å². The maximum Gasteiger partial charge on any atom is 0.151 e. The van der Waals surface area contributed by atoms with Crippen molar-refractivity contribution in [1.82, 2.24) is 9.97 Å². The molecule has 0 unspecified atom stereocenters. The standard InChI is InChI=1S/C16H20N4O/c21-14-5-10-20(11-6-14)16-15(2-1-7-18-16)19-12-13-3-8-17-9-4-13/h1-4,7-9,14,19,21H,5-6,10-12H2. The summed E-state index contributed by atoms with van der Waals surface area (Å²) >= 11 is 0. The van der Waals surface area contributed by atoms with Crippen molar-refractivity contribution in [2.24, 2.45) is 0 Å². The number of pyridine rings is 2. The molecule has 1 aliphatic rings. The van der Waals surface area contributed by atoms with Crippen LogP contribution in [0.25, 0.3) is 0 Å². The Labute approximate surface area is 124 Å². The van der Waals surface area contributed by atoms with E-state index in [2.05, 4.69) is 26.3 Å². The van der Waals surface area contributed by atoms with Gasteiger partial charge in [0.2, 0.25) is 0 Å². The largest absolute Gasteiger partial charge is 0.393 e. The smallest absolute Gasteiger partial charge is 0.151 e. The molecule has 2 aromatic rings. The Kier molecular flexibility index (Phi) is 4.31. The highest BCUT2D eigenvalue weighted by atomic mass is 16.3. The molecule has 0 aromatic carbocycles. The Morgan fingerprint density at radius 2 is 1.90 bits per heavy atom. The van der Waals surface area contributed by atoms with Gasteiger partial charge in [-0.05, 0) is 42.7 Å². The van der Waals surface area contributed by atoms with E-state index in [1.165, 1.54) is 5.56 Å². The van der Waals surface area contributed by atoms with Crippen LogP contribution in [0.4, 0.5) is 11.5 Å². The van der Waals surface area contributed by atoms with Gasteiger partial charge in [-0.25, -0.2) is 4.98 Å². The molecule has 0 spiro atoms. The Morgan fingerprint density at radius 1 is 1.14 bits per heavy atom. The fourth-order valence-corrected chi connectivity index (χ4v) is 2.56. The van der Waals surface area contributed by atoms with Crippen LogP contribution in [-0.4, -0.2) is 34.3 Å². The topological polar surface area (TPSA) is 61.3 Å². The Morgan fingerprint density at radius 3 is 2.67 bits per heavy atom. The zero-order valence-electron chi connectivity index (χ0n) is 11.9. The summed E-state index contributed by atoms with van der Waals surface area (Å²) in [6, 6.07) is 7.99. The molecule has 1 fully saturated rings. The maximum atomic E-state index is 9.63. The number of piperidine rings is 1. The first kappa shape index (κ1) is 13.8. The van der Waals surface area contributed by atoms with Gasteiger partial charge < -0.3 is 15.3 Å². The van der Waals surface area contributed by atoms with Gasteiger partial charge in [0.1, 0.15) is 0 Å². The number of nitrogens with zero attached hydrogens (tertiary/aromatic N) is 3. The van der Waals surface area contributed by atoms with Gasteiger partial charge in [-0.1, -0.05) is 0 Å². The van der Waals surface area contributed by atoms with E-state index in [1.807, 2.05) is 24.4 Å². The summed E-state index contributed by atoms with van der Waals surface area (Å²) in [4.78, 5) is 10.8. The first-order chi connectivity index (χ1) is 10.3. The minimum absolute atomic E-state index is 0.168. The molecular weight excluding hydrogens is 264 g/mol. The lowest BCUT2D eigenvalue weighted by Crippen LogP contribution is -2.36. The lowest BCUT2D eigenvalue weighted by atomic mass is 10.1. The van der Waals surface area contributed by atoms with Crippen molar-refractivity contribution in [3.8, 4) is 0 Å². The summed E-state index contributed by atoms with van der Waals surface area (Å²) in [5, 5.41) is 13.1. The molecule has 2 N–H and O–H groups in total. The van der Waals surface area contributed by atoms with Gasteiger partial charge >= 0.3 is 0 Å². The molecule has 21 heavy (non-hydrogen) atoms. The molecule has 5 nitrogen and oxygen atoms in total. The Balaban J connectivity index is 1.70. The van der Waals surface area contributed by atoms with Crippen LogP contribution in [0.15, 0.2) is 42.9 Å². The highest BCUT2D eigenvalue weighted by Gasteiger charge is 2.20. The van der Waals surface area contributed by atoms with Crippen LogP contribution in [0, 0.1) is 0 Å². The van der Waals surface area contributed by atoms with Gasteiger partial charge in [0.25, 0.3) is 0 Å². The van der Waals surface area contributed by atoms with E-state index in [-0.39, 0.29) is 6.10 Å². The number of nitrogens with one attached hydrogen (secondary N) is 1. The minimum Gasteiger partial charge on any atom is -0.393 e. The van der Waals surface area contributed by atoms with Crippen molar-refractivity contribution in [3.63, 3.8) is 0 Å². The number of rotatable bonds is 4. The molecule has 5 heteroatoms. The van der Waals surface area contributed by atoms with Crippen LogP contribution >= 0.6 is 0 Å². The SMILES string of the molecule is OC1CCN(c2ncccc2NCc2ccncc2)CC1. The number of aromatic nitrogens is 2. The van der Waals surface area contributed by atoms with Crippen LogP contribution in [-0.2, 0) is 6.54 Å². The molecule has 0 amide bonds. The molecule has 0 radical (unpaired) electrons. The highest BCUT2D eigenvalue weighted by molar-refractivity contribution is 5.65. The van der Waals surface area contributed by atoms with E-state index in [1.54, 1.807) is 12.4 Å². The van der Waals surface area contributed by atoms with Crippen molar-refractivity contribution < 1.29 is 5.11 Å². The summed E-state index contributed by atoms with van der Waals surface area (Å²) in [6.45, 7) is 2.45.